The van der Waals surface area contributed by atoms with Crippen molar-refractivity contribution in [2.75, 3.05) is 0 Å². The van der Waals surface area contributed by atoms with Crippen molar-refractivity contribution < 1.29 is 78.9 Å². The van der Waals surface area contributed by atoms with E-state index in [1.54, 1.807) is 0 Å². The topological polar surface area (TPSA) is 80.3 Å². The van der Waals surface area contributed by atoms with Gasteiger partial charge in [-0.3, -0.25) is 0 Å². The van der Waals surface area contributed by atoms with Crippen LogP contribution in [0.3, 0.4) is 0 Å². The summed E-state index contributed by atoms with van der Waals surface area (Å²) in [7, 11) is 0. The van der Waals surface area contributed by atoms with Crippen LogP contribution in [0.4, 0.5) is 0 Å². The van der Waals surface area contributed by atoms with Crippen LogP contribution in [0.2, 0.25) is 0 Å². The predicted molar refractivity (Wildman–Crippen MR) is 79.4 cm³/mol. The fourth-order valence-corrected chi connectivity index (χ4v) is 4.75. The molecular weight excluding hydrogens is 326 g/mol. The molecule has 2 saturated carbocycles. The Hall–Kier alpha value is 0.940. The Morgan fingerprint density at radius 2 is 1.17 bits per heavy atom. The van der Waals surface area contributed by atoms with Gasteiger partial charge in [-0.25, -0.2) is 0 Å². The molecule has 0 aromatic heterocycles. The van der Waals surface area contributed by atoms with Gasteiger partial charge in [0.1, 0.15) is 0 Å². The molecule has 0 spiro atoms. The van der Waals surface area contributed by atoms with E-state index in [1.807, 2.05) is 0 Å². The number of carbonyl (C=O) groups excluding carboxylic acids is 2. The SMILES string of the molecule is O=C([O-])C1CCCCCCC1(C(=O)[O-])C1CCCCCCC1.[Na+].[Na+]. The molecule has 24 heavy (non-hydrogen) atoms. The second-order valence-electron chi connectivity index (χ2n) is 7.19. The van der Waals surface area contributed by atoms with Crippen LogP contribution in [0, 0.1) is 17.3 Å². The molecule has 6 heteroatoms. The van der Waals surface area contributed by atoms with Gasteiger partial charge in [-0.05, 0) is 31.6 Å². The molecule has 2 unspecified atom stereocenters. The number of aliphatic carboxylic acids is 2. The Balaban J connectivity index is 0.00000264. The number of carboxylic acid groups (broad SMARTS) is 2. The maximum Gasteiger partial charge on any atom is 1.00 e. The van der Waals surface area contributed by atoms with Crippen molar-refractivity contribution in [3.63, 3.8) is 0 Å². The molecule has 4 nitrogen and oxygen atoms in total. The van der Waals surface area contributed by atoms with E-state index >= 15 is 0 Å². The summed E-state index contributed by atoms with van der Waals surface area (Å²) in [4.78, 5) is 23.9. The van der Waals surface area contributed by atoms with E-state index in [0.29, 0.717) is 12.8 Å². The maximum atomic E-state index is 12.2. The minimum Gasteiger partial charge on any atom is -0.550 e. The monoisotopic (exact) mass is 354 g/mol. The molecule has 0 aromatic carbocycles. The number of carboxylic acids is 2. The van der Waals surface area contributed by atoms with Crippen LogP contribution in [0.25, 0.3) is 0 Å². The number of hydrogen-bond acceptors (Lipinski definition) is 4. The second-order valence-corrected chi connectivity index (χ2v) is 7.19. The van der Waals surface area contributed by atoms with Crippen LogP contribution >= 0.6 is 0 Å². The summed E-state index contributed by atoms with van der Waals surface area (Å²) in [5.41, 5.74) is -1.21. The molecule has 0 amide bonds. The Bertz CT molecular complexity index is 394. The Kier molecular flexibility index (Phi) is 12.8. The first-order valence-electron chi connectivity index (χ1n) is 9.01. The van der Waals surface area contributed by atoms with Gasteiger partial charge in [-0.2, -0.15) is 0 Å². The molecule has 0 bridgehead atoms. The minimum absolute atomic E-state index is 0. The quantitative estimate of drug-likeness (QED) is 0.482. The van der Waals surface area contributed by atoms with E-state index in [9.17, 15) is 19.8 Å². The summed E-state index contributed by atoms with van der Waals surface area (Å²) in [6.07, 6.45) is 11.5. The first-order valence-corrected chi connectivity index (χ1v) is 9.01. The summed E-state index contributed by atoms with van der Waals surface area (Å²) in [6.45, 7) is 0. The fourth-order valence-electron chi connectivity index (χ4n) is 4.75. The molecule has 2 rings (SSSR count). The van der Waals surface area contributed by atoms with Crippen LogP contribution in [0.15, 0.2) is 0 Å². The molecule has 2 atom stereocenters. The zero-order chi connectivity index (χ0) is 16.0. The average molecular weight is 354 g/mol. The van der Waals surface area contributed by atoms with Crippen molar-refractivity contribution in [2.45, 2.75) is 83.5 Å². The van der Waals surface area contributed by atoms with Gasteiger partial charge >= 0.3 is 59.1 Å². The Morgan fingerprint density at radius 1 is 0.708 bits per heavy atom. The van der Waals surface area contributed by atoms with Gasteiger partial charge in [0, 0.05) is 23.3 Å². The zero-order valence-electron chi connectivity index (χ0n) is 15.5. The van der Waals surface area contributed by atoms with Gasteiger partial charge in [0.15, 0.2) is 0 Å². The third kappa shape index (κ3) is 5.99. The van der Waals surface area contributed by atoms with E-state index in [-0.39, 0.29) is 65.0 Å². The van der Waals surface area contributed by atoms with Crippen molar-refractivity contribution in [2.24, 2.45) is 17.3 Å². The van der Waals surface area contributed by atoms with Crippen molar-refractivity contribution >= 4 is 11.9 Å². The second kappa shape index (κ2) is 12.3. The zero-order valence-corrected chi connectivity index (χ0v) is 19.5. The Morgan fingerprint density at radius 3 is 1.67 bits per heavy atom. The van der Waals surface area contributed by atoms with Gasteiger partial charge in [-0.1, -0.05) is 57.8 Å². The molecule has 126 valence electrons. The van der Waals surface area contributed by atoms with Crippen molar-refractivity contribution in [3.05, 3.63) is 0 Å². The van der Waals surface area contributed by atoms with Crippen LogP contribution < -0.4 is 69.3 Å². The summed E-state index contributed by atoms with van der Waals surface area (Å²) >= 11 is 0. The van der Waals surface area contributed by atoms with E-state index in [4.69, 9.17) is 0 Å². The smallest absolute Gasteiger partial charge is 0.550 e. The molecule has 0 aromatic rings. The molecule has 0 radical (unpaired) electrons. The van der Waals surface area contributed by atoms with Crippen LogP contribution in [-0.2, 0) is 9.59 Å². The van der Waals surface area contributed by atoms with E-state index < -0.39 is 23.3 Å². The summed E-state index contributed by atoms with van der Waals surface area (Å²) in [5.74, 6) is -3.29. The molecule has 0 saturated heterocycles. The molecule has 0 heterocycles. The fraction of sp³-hybridized carbons (Fsp3) is 0.889. The van der Waals surface area contributed by atoms with Gasteiger partial charge < -0.3 is 19.8 Å². The first kappa shape index (κ1) is 24.9. The van der Waals surface area contributed by atoms with E-state index in [0.717, 1.165) is 64.2 Å². The minimum atomic E-state index is -1.21. The summed E-state index contributed by atoms with van der Waals surface area (Å²) in [6, 6.07) is 0. The third-order valence-corrected chi connectivity index (χ3v) is 5.95. The van der Waals surface area contributed by atoms with Crippen molar-refractivity contribution in [3.8, 4) is 0 Å². The summed E-state index contributed by atoms with van der Waals surface area (Å²) < 4.78 is 0. The molecule has 2 fully saturated rings. The van der Waals surface area contributed by atoms with Gasteiger partial charge in [0.25, 0.3) is 0 Å². The molecule has 0 N–H and O–H groups in total. The Labute approximate surface area is 190 Å². The van der Waals surface area contributed by atoms with Crippen molar-refractivity contribution in [1.82, 2.24) is 0 Å². The molecule has 2 aliphatic rings. The molecular formula is C18H28Na2O4. The van der Waals surface area contributed by atoms with E-state index in [1.165, 1.54) is 6.42 Å². The van der Waals surface area contributed by atoms with Gasteiger partial charge in [0.05, 0.1) is 0 Å². The van der Waals surface area contributed by atoms with Gasteiger partial charge in [0.2, 0.25) is 0 Å². The third-order valence-electron chi connectivity index (χ3n) is 5.95. The van der Waals surface area contributed by atoms with E-state index in [2.05, 4.69) is 0 Å². The normalized spacial score (nSPS) is 29.6. The molecule has 0 aliphatic heterocycles. The van der Waals surface area contributed by atoms with Gasteiger partial charge in [-0.15, -0.1) is 0 Å². The number of rotatable bonds is 3. The number of hydrogen-bond donors (Lipinski definition) is 0. The number of carbonyl (C=O) groups is 2. The van der Waals surface area contributed by atoms with Crippen LogP contribution in [0.5, 0.6) is 0 Å². The molecule has 2 aliphatic carbocycles. The van der Waals surface area contributed by atoms with Crippen LogP contribution in [-0.4, -0.2) is 11.9 Å². The van der Waals surface area contributed by atoms with Crippen molar-refractivity contribution in [1.29, 1.82) is 0 Å². The largest absolute Gasteiger partial charge is 1.00 e. The predicted octanol–water partition coefficient (Wildman–Crippen LogP) is -4.19. The summed E-state index contributed by atoms with van der Waals surface area (Å²) in [5, 5.41) is 23.9. The maximum absolute atomic E-state index is 12.2. The standard InChI is InChI=1S/C18H30O4.2Na/c19-16(20)15-12-8-4-5-9-13-18(15,17(21)22)14-10-6-2-1-3-7-11-14;;/h14-15H,1-13H2,(H,19,20)(H,21,22);;/q;2*+1/p-2. The first-order chi connectivity index (χ1) is 10.6. The average Bonchev–Trinajstić information content (AvgIpc) is 2.38. The van der Waals surface area contributed by atoms with Crippen LogP contribution in [0.1, 0.15) is 83.5 Å².